The van der Waals surface area contributed by atoms with Crippen LogP contribution in [0.3, 0.4) is 0 Å². The van der Waals surface area contributed by atoms with Gasteiger partial charge in [-0.25, -0.2) is 8.42 Å². The van der Waals surface area contributed by atoms with Gasteiger partial charge in [0, 0.05) is 10.7 Å². The summed E-state index contributed by atoms with van der Waals surface area (Å²) in [6.45, 7) is 2.01. The fraction of sp³-hybridized carbons (Fsp3) is 0.714. The Balaban J connectivity index is 2.69. The molecule has 0 saturated carbocycles. The smallest absolute Gasteiger partial charge is 0.212 e. The highest BCUT2D eigenvalue weighted by atomic mass is 35.7. The van der Waals surface area contributed by atoms with E-state index in [0.717, 1.165) is 6.42 Å². The maximum absolute atomic E-state index is 10.8. The Bertz CT molecular complexity index is 266. The van der Waals surface area contributed by atoms with Crippen molar-refractivity contribution in [1.82, 2.24) is 0 Å². The summed E-state index contributed by atoms with van der Waals surface area (Å²) in [5.74, 6) is 0. The molecule has 11 heavy (non-hydrogen) atoms. The molecule has 1 aliphatic rings. The molecule has 0 fully saturated rings. The zero-order valence-electron chi connectivity index (χ0n) is 6.38. The molecule has 0 heterocycles. The van der Waals surface area contributed by atoms with Crippen molar-refractivity contribution in [3.05, 3.63) is 11.6 Å². The lowest BCUT2D eigenvalue weighted by Gasteiger charge is -2.16. The summed E-state index contributed by atoms with van der Waals surface area (Å²) in [7, 11) is 1.88. The zero-order valence-corrected chi connectivity index (χ0v) is 7.95. The van der Waals surface area contributed by atoms with Crippen LogP contribution >= 0.6 is 10.7 Å². The van der Waals surface area contributed by atoms with E-state index in [-0.39, 0.29) is 5.25 Å². The quantitative estimate of drug-likeness (QED) is 0.473. The molecule has 0 aromatic carbocycles. The molecule has 2 nitrogen and oxygen atoms in total. The molecule has 0 N–H and O–H groups in total. The van der Waals surface area contributed by atoms with Crippen LogP contribution < -0.4 is 0 Å². The minimum Gasteiger partial charge on any atom is -0.212 e. The van der Waals surface area contributed by atoms with Gasteiger partial charge in [0.25, 0.3) is 0 Å². The number of hydrogen-bond donors (Lipinski definition) is 0. The largest absolute Gasteiger partial charge is 0.235 e. The fourth-order valence-electron chi connectivity index (χ4n) is 1.20. The lowest BCUT2D eigenvalue weighted by molar-refractivity contribution is 0.579. The number of allylic oxidation sites excluding steroid dienone is 2. The summed E-state index contributed by atoms with van der Waals surface area (Å²) in [4.78, 5) is 0. The highest BCUT2D eigenvalue weighted by Gasteiger charge is 2.23. The second kappa shape index (κ2) is 3.15. The monoisotopic (exact) mass is 194 g/mol. The number of hydrogen-bond acceptors (Lipinski definition) is 2. The van der Waals surface area contributed by atoms with Gasteiger partial charge in [-0.1, -0.05) is 11.6 Å². The summed E-state index contributed by atoms with van der Waals surface area (Å²) < 4.78 is 21.7. The Kier molecular flexibility index (Phi) is 2.60. The van der Waals surface area contributed by atoms with E-state index in [0.29, 0.717) is 12.8 Å². The van der Waals surface area contributed by atoms with Crippen LogP contribution in [0.5, 0.6) is 0 Å². The van der Waals surface area contributed by atoms with Crippen molar-refractivity contribution in [1.29, 1.82) is 0 Å². The Hall–Kier alpha value is -0.0200. The average Bonchev–Trinajstić information content (AvgIpc) is 1.86. The first-order valence-corrected chi connectivity index (χ1v) is 5.96. The fourth-order valence-corrected chi connectivity index (χ4v) is 2.41. The predicted octanol–water partition coefficient (Wildman–Crippen LogP) is 2.05. The van der Waals surface area contributed by atoms with Gasteiger partial charge in [0.15, 0.2) is 0 Å². The van der Waals surface area contributed by atoms with Gasteiger partial charge in [-0.05, 0) is 26.2 Å². The van der Waals surface area contributed by atoms with Crippen LogP contribution in [0.4, 0.5) is 0 Å². The lowest BCUT2D eigenvalue weighted by Crippen LogP contribution is -2.18. The maximum atomic E-state index is 10.8. The van der Waals surface area contributed by atoms with Crippen LogP contribution in [0.15, 0.2) is 11.6 Å². The molecule has 0 saturated heterocycles. The molecule has 0 radical (unpaired) electrons. The lowest BCUT2D eigenvalue weighted by atomic mass is 10.0. The van der Waals surface area contributed by atoms with Crippen LogP contribution in [0.2, 0.25) is 0 Å². The Morgan fingerprint density at radius 3 is 2.64 bits per heavy atom. The second-order valence-electron chi connectivity index (χ2n) is 2.92. The molecular formula is C7H11ClO2S. The van der Waals surface area contributed by atoms with E-state index in [4.69, 9.17) is 10.7 Å². The minimum atomic E-state index is -3.32. The molecule has 1 atom stereocenters. The van der Waals surface area contributed by atoms with E-state index < -0.39 is 9.05 Å². The molecule has 0 aromatic rings. The van der Waals surface area contributed by atoms with Crippen LogP contribution in [0.25, 0.3) is 0 Å². The van der Waals surface area contributed by atoms with Crippen molar-refractivity contribution in [2.45, 2.75) is 31.4 Å². The third kappa shape index (κ3) is 2.49. The van der Waals surface area contributed by atoms with Crippen molar-refractivity contribution in [3.63, 3.8) is 0 Å². The predicted molar refractivity (Wildman–Crippen MR) is 46.2 cm³/mol. The van der Waals surface area contributed by atoms with Crippen LogP contribution in [-0.2, 0) is 9.05 Å². The van der Waals surface area contributed by atoms with Crippen molar-refractivity contribution in [3.8, 4) is 0 Å². The van der Waals surface area contributed by atoms with Gasteiger partial charge in [0.05, 0.1) is 5.25 Å². The zero-order chi connectivity index (χ0) is 8.48. The van der Waals surface area contributed by atoms with Gasteiger partial charge in [-0.2, -0.15) is 0 Å². The van der Waals surface area contributed by atoms with Crippen molar-refractivity contribution in [2.24, 2.45) is 0 Å². The molecule has 0 aliphatic heterocycles. The Morgan fingerprint density at radius 1 is 1.64 bits per heavy atom. The summed E-state index contributed by atoms with van der Waals surface area (Å²) >= 11 is 0. The van der Waals surface area contributed by atoms with Gasteiger partial charge in [0.2, 0.25) is 9.05 Å². The standard InChI is InChI=1S/C7H11ClO2S/c1-6-2-4-7(5-3-6)11(8,9)10/h2,7H,3-5H2,1H3/t7-/m1/s1. The van der Waals surface area contributed by atoms with Crippen LogP contribution in [0.1, 0.15) is 26.2 Å². The molecule has 0 amide bonds. The topological polar surface area (TPSA) is 34.1 Å². The molecule has 0 aromatic heterocycles. The van der Waals surface area contributed by atoms with E-state index in [1.165, 1.54) is 5.57 Å². The third-order valence-electron chi connectivity index (χ3n) is 1.99. The number of halogens is 1. The van der Waals surface area contributed by atoms with E-state index in [1.807, 2.05) is 13.0 Å². The van der Waals surface area contributed by atoms with Crippen LogP contribution in [-0.4, -0.2) is 13.7 Å². The van der Waals surface area contributed by atoms with E-state index in [9.17, 15) is 8.42 Å². The van der Waals surface area contributed by atoms with Gasteiger partial charge < -0.3 is 0 Å². The van der Waals surface area contributed by atoms with Gasteiger partial charge >= 0.3 is 0 Å². The Labute approximate surface area is 71.7 Å². The molecule has 0 spiro atoms. The first kappa shape index (κ1) is 9.07. The highest BCUT2D eigenvalue weighted by Crippen LogP contribution is 2.24. The normalized spacial score (nSPS) is 26.4. The molecule has 0 unspecified atom stereocenters. The van der Waals surface area contributed by atoms with Crippen molar-refractivity contribution in [2.75, 3.05) is 0 Å². The first-order valence-electron chi connectivity index (χ1n) is 3.59. The van der Waals surface area contributed by atoms with Crippen LogP contribution in [0, 0.1) is 0 Å². The minimum absolute atomic E-state index is 0.354. The van der Waals surface area contributed by atoms with Crippen molar-refractivity contribution >= 4 is 19.7 Å². The van der Waals surface area contributed by atoms with E-state index in [1.54, 1.807) is 0 Å². The van der Waals surface area contributed by atoms with E-state index >= 15 is 0 Å². The maximum Gasteiger partial charge on any atom is 0.235 e. The molecule has 1 aliphatic carbocycles. The first-order chi connectivity index (χ1) is 5.00. The molecular weight excluding hydrogens is 184 g/mol. The summed E-state index contributed by atoms with van der Waals surface area (Å²) in [5, 5.41) is -0.354. The second-order valence-corrected chi connectivity index (χ2v) is 5.83. The summed E-state index contributed by atoms with van der Waals surface area (Å²) in [6.07, 6.45) is 4.07. The molecule has 0 bridgehead atoms. The molecule has 64 valence electrons. The third-order valence-corrected chi connectivity index (χ3v) is 3.97. The molecule has 4 heteroatoms. The Morgan fingerprint density at radius 2 is 2.27 bits per heavy atom. The average molecular weight is 195 g/mol. The molecule has 1 rings (SSSR count). The van der Waals surface area contributed by atoms with Gasteiger partial charge in [-0.15, -0.1) is 0 Å². The van der Waals surface area contributed by atoms with E-state index in [2.05, 4.69) is 0 Å². The van der Waals surface area contributed by atoms with Gasteiger partial charge in [0.1, 0.15) is 0 Å². The summed E-state index contributed by atoms with van der Waals surface area (Å²) in [5.41, 5.74) is 1.27. The highest BCUT2D eigenvalue weighted by molar-refractivity contribution is 8.14. The van der Waals surface area contributed by atoms with Crippen molar-refractivity contribution < 1.29 is 8.42 Å². The number of rotatable bonds is 1. The SMILES string of the molecule is CC1=CC[C@@H](S(=O)(=O)Cl)CC1. The summed E-state index contributed by atoms with van der Waals surface area (Å²) in [6, 6.07) is 0. The van der Waals surface area contributed by atoms with Gasteiger partial charge in [-0.3, -0.25) is 0 Å².